The van der Waals surface area contributed by atoms with Crippen LogP contribution in [0, 0.1) is 5.41 Å². The molecule has 0 spiro atoms. The van der Waals surface area contributed by atoms with Crippen LogP contribution in [0.2, 0.25) is 0 Å². The molecule has 0 heterocycles. The van der Waals surface area contributed by atoms with Crippen molar-refractivity contribution in [2.24, 2.45) is 0 Å². The van der Waals surface area contributed by atoms with Crippen LogP contribution in [0.25, 0.3) is 0 Å². The summed E-state index contributed by atoms with van der Waals surface area (Å²) in [7, 11) is 5.64. The zero-order chi connectivity index (χ0) is 6.78. The molecular weight excluding hydrogens is 104 g/mol. The number of likely N-dealkylation sites (N-methyl/N-ethyl adjacent to an activating group) is 1. The predicted octanol–water partition coefficient (Wildman–Crippen LogP) is -0.970. The van der Waals surface area contributed by atoms with Gasteiger partial charge in [0.25, 0.3) is 0 Å². The van der Waals surface area contributed by atoms with Crippen LogP contribution < -0.4 is 5.11 Å². The summed E-state index contributed by atoms with van der Waals surface area (Å²) in [4.78, 5) is 0. The highest BCUT2D eigenvalue weighted by atomic mass is 16.3. The molecule has 1 N–H and O–H groups in total. The Morgan fingerprint density at radius 2 is 1.88 bits per heavy atom. The average Bonchev–Trinajstić information content (AvgIpc) is 1.21. The smallest absolute Gasteiger partial charge is 0.106 e. The lowest BCUT2D eigenvalue weighted by atomic mass is 10.5. The van der Waals surface area contributed by atoms with E-state index in [1.807, 2.05) is 21.1 Å². The molecule has 0 aliphatic heterocycles. The molecule has 3 heteroatoms. The number of nitrogens with one attached hydrogen (secondary N) is 1. The van der Waals surface area contributed by atoms with Crippen LogP contribution in [0.15, 0.2) is 0 Å². The van der Waals surface area contributed by atoms with E-state index in [-0.39, 0.29) is 0 Å². The van der Waals surface area contributed by atoms with E-state index in [1.54, 1.807) is 0 Å². The molecule has 0 rings (SSSR count). The van der Waals surface area contributed by atoms with Crippen molar-refractivity contribution in [3.05, 3.63) is 0 Å². The summed E-state index contributed by atoms with van der Waals surface area (Å²) >= 11 is 0. The van der Waals surface area contributed by atoms with Crippen LogP contribution in [0.4, 0.5) is 0 Å². The second-order valence-corrected chi connectivity index (χ2v) is 2.87. The van der Waals surface area contributed by atoms with Crippen molar-refractivity contribution < 1.29 is 9.59 Å². The molecule has 8 heavy (non-hydrogen) atoms. The standard InChI is InChI=1S/C5H12N2O/c1-7(2,3)4-5(6)8/h4H2,1-3H3,(H-,6,8). The molecule has 0 saturated heterocycles. The van der Waals surface area contributed by atoms with E-state index in [2.05, 4.69) is 0 Å². The lowest BCUT2D eigenvalue weighted by Crippen LogP contribution is -2.43. The second kappa shape index (κ2) is 2.13. The molecule has 0 amide bonds. The normalized spacial score (nSPS) is 11.4. The van der Waals surface area contributed by atoms with Crippen molar-refractivity contribution in [1.29, 1.82) is 5.41 Å². The Balaban J connectivity index is 3.55. The number of hydrogen-bond donors (Lipinski definition) is 1. The maximum atomic E-state index is 10.1. The van der Waals surface area contributed by atoms with Gasteiger partial charge in [-0.2, -0.15) is 0 Å². The highest BCUT2D eigenvalue weighted by molar-refractivity contribution is 5.68. The highest BCUT2D eigenvalue weighted by Crippen LogP contribution is 1.85. The number of nitrogens with zero attached hydrogens (tertiary/aromatic N) is 1. The van der Waals surface area contributed by atoms with Crippen LogP contribution in [0.5, 0.6) is 0 Å². The third-order valence-electron chi connectivity index (χ3n) is 0.618. The Morgan fingerprint density at radius 1 is 1.50 bits per heavy atom. The Labute approximate surface area is 49.6 Å². The van der Waals surface area contributed by atoms with Gasteiger partial charge >= 0.3 is 0 Å². The van der Waals surface area contributed by atoms with Gasteiger partial charge in [0.1, 0.15) is 6.54 Å². The van der Waals surface area contributed by atoms with Crippen molar-refractivity contribution in [2.75, 3.05) is 27.7 Å². The molecule has 0 fully saturated rings. The SMILES string of the molecule is C[N+](C)(C)CC(=N)[O-]. The van der Waals surface area contributed by atoms with E-state index < -0.39 is 5.90 Å². The first-order chi connectivity index (χ1) is 3.42. The lowest BCUT2D eigenvalue weighted by molar-refractivity contribution is -0.863. The van der Waals surface area contributed by atoms with Crippen molar-refractivity contribution >= 4 is 5.90 Å². The molecule has 0 aromatic rings. The van der Waals surface area contributed by atoms with Crippen LogP contribution in [0.3, 0.4) is 0 Å². The van der Waals surface area contributed by atoms with E-state index in [4.69, 9.17) is 5.41 Å². The van der Waals surface area contributed by atoms with Gasteiger partial charge in [-0.05, 0) is 0 Å². The molecule has 3 nitrogen and oxygen atoms in total. The van der Waals surface area contributed by atoms with Gasteiger partial charge in [0.2, 0.25) is 0 Å². The molecule has 0 atom stereocenters. The second-order valence-electron chi connectivity index (χ2n) is 2.87. The molecular formula is C5H12N2O. The molecule has 0 aromatic carbocycles. The predicted molar refractivity (Wildman–Crippen MR) is 30.6 cm³/mol. The molecule has 0 aromatic heterocycles. The average molecular weight is 116 g/mol. The first-order valence-corrected chi connectivity index (χ1v) is 2.47. The van der Waals surface area contributed by atoms with Crippen LogP contribution in [0.1, 0.15) is 0 Å². The van der Waals surface area contributed by atoms with Crippen molar-refractivity contribution in [2.45, 2.75) is 0 Å². The molecule has 0 aliphatic carbocycles. The Morgan fingerprint density at radius 3 is 1.88 bits per heavy atom. The molecule has 0 radical (unpaired) electrons. The third kappa shape index (κ3) is 5.43. The molecule has 0 aliphatic rings. The topological polar surface area (TPSA) is 46.9 Å². The van der Waals surface area contributed by atoms with Gasteiger partial charge in [0, 0.05) is 5.90 Å². The van der Waals surface area contributed by atoms with Gasteiger partial charge in [0.15, 0.2) is 0 Å². The fourth-order valence-corrected chi connectivity index (χ4v) is 0.431. The van der Waals surface area contributed by atoms with E-state index in [9.17, 15) is 5.11 Å². The Kier molecular flexibility index (Phi) is 1.98. The Bertz CT molecular complexity index is 93.1. The molecule has 0 unspecified atom stereocenters. The summed E-state index contributed by atoms with van der Waals surface area (Å²) in [6.45, 7) is 0.292. The first kappa shape index (κ1) is 7.43. The summed E-state index contributed by atoms with van der Waals surface area (Å²) in [6, 6.07) is 0. The molecule has 0 bridgehead atoms. The maximum Gasteiger partial charge on any atom is 0.106 e. The summed E-state index contributed by atoms with van der Waals surface area (Å²) in [5, 5.41) is 16.7. The summed E-state index contributed by atoms with van der Waals surface area (Å²) in [5.74, 6) is -0.502. The van der Waals surface area contributed by atoms with Crippen molar-refractivity contribution in [3.63, 3.8) is 0 Å². The maximum absolute atomic E-state index is 10.1. The summed E-state index contributed by atoms with van der Waals surface area (Å²) in [6.07, 6.45) is 0. The number of rotatable bonds is 2. The van der Waals surface area contributed by atoms with E-state index in [0.717, 1.165) is 0 Å². The number of hydrogen-bond acceptors (Lipinski definition) is 2. The minimum absolute atomic E-state index is 0.292. The fourth-order valence-electron chi connectivity index (χ4n) is 0.431. The fraction of sp³-hybridized carbons (Fsp3) is 0.800. The van der Waals surface area contributed by atoms with Gasteiger partial charge in [-0.15, -0.1) is 0 Å². The van der Waals surface area contributed by atoms with Gasteiger partial charge in [-0.25, -0.2) is 0 Å². The number of quaternary nitrogens is 1. The first-order valence-electron chi connectivity index (χ1n) is 2.47. The quantitative estimate of drug-likeness (QED) is 0.281. The van der Waals surface area contributed by atoms with Crippen LogP contribution in [-0.2, 0) is 0 Å². The van der Waals surface area contributed by atoms with Crippen molar-refractivity contribution in [1.82, 2.24) is 0 Å². The van der Waals surface area contributed by atoms with E-state index >= 15 is 0 Å². The van der Waals surface area contributed by atoms with Crippen LogP contribution in [-0.4, -0.2) is 38.1 Å². The third-order valence-corrected chi connectivity index (χ3v) is 0.618. The zero-order valence-electron chi connectivity index (χ0n) is 5.56. The Hall–Kier alpha value is -0.570. The zero-order valence-corrected chi connectivity index (χ0v) is 5.56. The monoisotopic (exact) mass is 116 g/mol. The molecule has 48 valence electrons. The molecule has 0 saturated carbocycles. The van der Waals surface area contributed by atoms with Crippen LogP contribution >= 0.6 is 0 Å². The van der Waals surface area contributed by atoms with E-state index in [1.165, 1.54) is 0 Å². The summed E-state index contributed by atoms with van der Waals surface area (Å²) < 4.78 is 0.544. The lowest BCUT2D eigenvalue weighted by Gasteiger charge is -2.25. The minimum Gasteiger partial charge on any atom is -0.858 e. The van der Waals surface area contributed by atoms with Crippen molar-refractivity contribution in [3.8, 4) is 0 Å². The largest absolute Gasteiger partial charge is 0.858 e. The minimum atomic E-state index is -0.502. The van der Waals surface area contributed by atoms with Gasteiger partial charge in [-0.3, -0.25) is 0 Å². The van der Waals surface area contributed by atoms with Gasteiger partial charge in [-0.1, -0.05) is 0 Å². The summed E-state index contributed by atoms with van der Waals surface area (Å²) in [5.41, 5.74) is 0. The van der Waals surface area contributed by atoms with Gasteiger partial charge in [0.05, 0.1) is 21.1 Å². The van der Waals surface area contributed by atoms with Gasteiger partial charge < -0.3 is 15.0 Å². The highest BCUT2D eigenvalue weighted by Gasteiger charge is 2.03. The van der Waals surface area contributed by atoms with E-state index in [0.29, 0.717) is 11.0 Å².